The van der Waals surface area contributed by atoms with Gasteiger partial charge in [-0.05, 0) is 31.5 Å². The van der Waals surface area contributed by atoms with Crippen LogP contribution in [0.25, 0.3) is 11.0 Å². The highest BCUT2D eigenvalue weighted by atomic mass is 19.1. The lowest BCUT2D eigenvalue weighted by atomic mass is 10.0. The Hall–Kier alpha value is -1.35. The normalized spacial score (nSPS) is 13.0. The van der Waals surface area contributed by atoms with E-state index in [1.165, 1.54) is 37.8 Å². The maximum absolute atomic E-state index is 13.3. The van der Waals surface area contributed by atoms with Crippen LogP contribution in [0.4, 0.5) is 4.39 Å². The number of halogens is 1. The van der Waals surface area contributed by atoms with Crippen molar-refractivity contribution in [1.29, 1.82) is 0 Å². The summed E-state index contributed by atoms with van der Waals surface area (Å²) < 4.78 is 19.1. The number of hydrogen-bond acceptors (Lipinski definition) is 2. The molecule has 0 saturated heterocycles. The van der Waals surface area contributed by atoms with Crippen molar-refractivity contribution in [3.8, 4) is 0 Å². The molecule has 0 fully saturated rings. The standard InChI is InChI=1S/C17H24FNO/c1-3-4-5-6-7-8-15(19)17-12(2)14-11-13(18)9-10-16(14)20-17/h9-11,15H,3-8,19H2,1-2H3. The summed E-state index contributed by atoms with van der Waals surface area (Å²) in [6, 6.07) is 4.53. The van der Waals surface area contributed by atoms with E-state index in [1.54, 1.807) is 6.07 Å². The predicted molar refractivity (Wildman–Crippen MR) is 81.2 cm³/mol. The summed E-state index contributed by atoms with van der Waals surface area (Å²) in [5.74, 6) is 0.571. The van der Waals surface area contributed by atoms with E-state index in [9.17, 15) is 4.39 Å². The fourth-order valence-corrected chi connectivity index (χ4v) is 2.66. The second-order valence-electron chi connectivity index (χ2n) is 5.54. The van der Waals surface area contributed by atoms with Crippen molar-refractivity contribution in [3.63, 3.8) is 0 Å². The van der Waals surface area contributed by atoms with Gasteiger partial charge < -0.3 is 10.2 Å². The van der Waals surface area contributed by atoms with Gasteiger partial charge in [-0.2, -0.15) is 0 Å². The Labute approximate surface area is 120 Å². The number of unbranched alkanes of at least 4 members (excludes halogenated alkanes) is 4. The summed E-state index contributed by atoms with van der Waals surface area (Å²) >= 11 is 0. The Morgan fingerprint density at radius 2 is 1.95 bits per heavy atom. The maximum atomic E-state index is 13.3. The van der Waals surface area contributed by atoms with Gasteiger partial charge in [0, 0.05) is 10.9 Å². The van der Waals surface area contributed by atoms with Crippen LogP contribution in [-0.2, 0) is 0 Å². The zero-order chi connectivity index (χ0) is 14.5. The molecular weight excluding hydrogens is 253 g/mol. The van der Waals surface area contributed by atoms with E-state index < -0.39 is 0 Å². The van der Waals surface area contributed by atoms with Gasteiger partial charge in [-0.15, -0.1) is 0 Å². The number of hydrogen-bond donors (Lipinski definition) is 1. The summed E-state index contributed by atoms with van der Waals surface area (Å²) in [5, 5.41) is 0.835. The summed E-state index contributed by atoms with van der Waals surface area (Å²) in [4.78, 5) is 0. The third-order valence-corrected chi connectivity index (χ3v) is 3.89. The van der Waals surface area contributed by atoms with Gasteiger partial charge in [0.05, 0.1) is 6.04 Å². The van der Waals surface area contributed by atoms with Crippen LogP contribution in [0, 0.1) is 12.7 Å². The highest BCUT2D eigenvalue weighted by Gasteiger charge is 2.17. The maximum Gasteiger partial charge on any atom is 0.134 e. The molecule has 110 valence electrons. The number of aryl methyl sites for hydroxylation is 1. The Balaban J connectivity index is 2.02. The van der Waals surface area contributed by atoms with E-state index in [0.717, 1.165) is 35.1 Å². The molecule has 1 aromatic heterocycles. The topological polar surface area (TPSA) is 39.2 Å². The molecule has 2 aromatic rings. The number of nitrogens with two attached hydrogens (primary N) is 1. The van der Waals surface area contributed by atoms with Gasteiger partial charge >= 0.3 is 0 Å². The zero-order valence-electron chi connectivity index (χ0n) is 12.4. The Morgan fingerprint density at radius 1 is 1.20 bits per heavy atom. The third kappa shape index (κ3) is 3.40. The summed E-state index contributed by atoms with van der Waals surface area (Å²) in [5.41, 5.74) is 7.92. The summed E-state index contributed by atoms with van der Waals surface area (Å²) in [6.45, 7) is 4.17. The van der Waals surface area contributed by atoms with E-state index >= 15 is 0 Å². The van der Waals surface area contributed by atoms with Crippen LogP contribution >= 0.6 is 0 Å². The van der Waals surface area contributed by atoms with Gasteiger partial charge in [0.25, 0.3) is 0 Å². The van der Waals surface area contributed by atoms with Crippen LogP contribution in [0.2, 0.25) is 0 Å². The molecule has 1 heterocycles. The third-order valence-electron chi connectivity index (χ3n) is 3.89. The van der Waals surface area contributed by atoms with Gasteiger partial charge in [0.2, 0.25) is 0 Å². The lowest BCUT2D eigenvalue weighted by molar-refractivity contribution is 0.456. The first-order chi connectivity index (χ1) is 9.63. The van der Waals surface area contributed by atoms with Gasteiger partial charge in [-0.3, -0.25) is 0 Å². The van der Waals surface area contributed by atoms with Crippen molar-refractivity contribution in [3.05, 3.63) is 35.3 Å². The molecule has 0 radical (unpaired) electrons. The van der Waals surface area contributed by atoms with Crippen LogP contribution in [0.3, 0.4) is 0 Å². The fourth-order valence-electron chi connectivity index (χ4n) is 2.66. The SMILES string of the molecule is CCCCCCCC(N)c1oc2ccc(F)cc2c1C. The van der Waals surface area contributed by atoms with Crippen molar-refractivity contribution < 1.29 is 8.81 Å². The minimum Gasteiger partial charge on any atom is -0.459 e. The molecule has 0 aliphatic carbocycles. The molecule has 0 saturated carbocycles. The highest BCUT2D eigenvalue weighted by molar-refractivity contribution is 5.82. The molecule has 1 unspecified atom stereocenters. The minimum atomic E-state index is -0.235. The van der Waals surface area contributed by atoms with Gasteiger partial charge in [-0.25, -0.2) is 4.39 Å². The molecule has 0 bridgehead atoms. The highest BCUT2D eigenvalue weighted by Crippen LogP contribution is 2.31. The number of fused-ring (bicyclic) bond motifs is 1. The van der Waals surface area contributed by atoms with Gasteiger partial charge in [0.15, 0.2) is 0 Å². The molecule has 0 aliphatic heterocycles. The minimum absolute atomic E-state index is 0.0907. The summed E-state index contributed by atoms with van der Waals surface area (Å²) in [7, 11) is 0. The van der Waals surface area contributed by atoms with Crippen molar-refractivity contribution in [1.82, 2.24) is 0 Å². The number of furan rings is 1. The lowest BCUT2D eigenvalue weighted by Gasteiger charge is -2.09. The van der Waals surface area contributed by atoms with Crippen LogP contribution in [0.15, 0.2) is 22.6 Å². The molecule has 2 rings (SSSR count). The predicted octanol–water partition coefficient (Wildman–Crippen LogP) is 5.24. The Bertz CT molecular complexity index is 561. The lowest BCUT2D eigenvalue weighted by Crippen LogP contribution is -2.10. The molecule has 2 nitrogen and oxygen atoms in total. The smallest absolute Gasteiger partial charge is 0.134 e. The van der Waals surface area contributed by atoms with Gasteiger partial charge in [0.1, 0.15) is 17.2 Å². The van der Waals surface area contributed by atoms with Crippen molar-refractivity contribution in [2.75, 3.05) is 0 Å². The van der Waals surface area contributed by atoms with Crippen molar-refractivity contribution >= 4 is 11.0 Å². The van der Waals surface area contributed by atoms with E-state index in [4.69, 9.17) is 10.2 Å². The molecule has 1 atom stereocenters. The van der Waals surface area contributed by atoms with Crippen molar-refractivity contribution in [2.24, 2.45) is 5.73 Å². The molecule has 1 aromatic carbocycles. The quantitative estimate of drug-likeness (QED) is 0.703. The van der Waals surface area contributed by atoms with E-state index in [1.807, 2.05) is 6.92 Å². The average molecular weight is 277 g/mol. The number of rotatable bonds is 7. The number of benzene rings is 1. The molecule has 0 spiro atoms. The molecular formula is C17H24FNO. The first-order valence-corrected chi connectivity index (χ1v) is 7.57. The van der Waals surface area contributed by atoms with Crippen LogP contribution in [-0.4, -0.2) is 0 Å². The van der Waals surface area contributed by atoms with Crippen LogP contribution in [0.5, 0.6) is 0 Å². The van der Waals surface area contributed by atoms with Crippen molar-refractivity contribution in [2.45, 2.75) is 58.4 Å². The zero-order valence-corrected chi connectivity index (χ0v) is 12.4. The van der Waals surface area contributed by atoms with E-state index in [2.05, 4.69) is 6.92 Å². The average Bonchev–Trinajstić information content (AvgIpc) is 2.76. The second-order valence-corrected chi connectivity index (χ2v) is 5.54. The first-order valence-electron chi connectivity index (χ1n) is 7.57. The Kier molecular flexibility index (Phi) is 5.18. The fraction of sp³-hybridized carbons (Fsp3) is 0.529. The first kappa shape index (κ1) is 15.0. The van der Waals surface area contributed by atoms with E-state index in [0.29, 0.717) is 0 Å². The van der Waals surface area contributed by atoms with Crippen LogP contribution in [0.1, 0.15) is 62.8 Å². The van der Waals surface area contributed by atoms with Crippen LogP contribution < -0.4 is 5.73 Å². The molecule has 20 heavy (non-hydrogen) atoms. The molecule has 0 amide bonds. The molecule has 0 aliphatic rings. The van der Waals surface area contributed by atoms with E-state index in [-0.39, 0.29) is 11.9 Å². The largest absolute Gasteiger partial charge is 0.459 e. The molecule has 3 heteroatoms. The Morgan fingerprint density at radius 3 is 2.70 bits per heavy atom. The van der Waals surface area contributed by atoms with Gasteiger partial charge in [-0.1, -0.05) is 39.0 Å². The summed E-state index contributed by atoms with van der Waals surface area (Å²) in [6.07, 6.45) is 7.07. The monoisotopic (exact) mass is 277 g/mol. The molecule has 2 N–H and O–H groups in total. The second kappa shape index (κ2) is 6.89.